The smallest absolute Gasteiger partial charge is 0.407 e. The summed E-state index contributed by atoms with van der Waals surface area (Å²) in [6, 6.07) is 18.2. The summed E-state index contributed by atoms with van der Waals surface area (Å²) in [5, 5.41) is 10.6. The summed E-state index contributed by atoms with van der Waals surface area (Å²) in [6.07, 6.45) is 2.06. The molecule has 4 N–H and O–H groups in total. The van der Waals surface area contributed by atoms with E-state index in [0.29, 0.717) is 6.42 Å². The lowest BCUT2D eigenvalue weighted by Crippen LogP contribution is -2.52. The molecule has 1 aromatic heterocycles. The maximum atomic E-state index is 13.2. The number of hydrogen-bond donors (Lipinski definition) is 4. The molecule has 2 atom stereocenters. The number of nitrogens with one attached hydrogen (secondary N) is 4. The van der Waals surface area contributed by atoms with Crippen molar-refractivity contribution in [1.82, 2.24) is 25.8 Å². The van der Waals surface area contributed by atoms with Crippen LogP contribution in [-0.2, 0) is 16.0 Å². The van der Waals surface area contributed by atoms with Crippen molar-refractivity contribution < 1.29 is 14.3 Å². The summed E-state index contributed by atoms with van der Waals surface area (Å²) in [5.41, 5.74) is 2.74. The van der Waals surface area contributed by atoms with Crippen molar-refractivity contribution in [2.24, 2.45) is 0 Å². The molecule has 0 bridgehead atoms. The Balaban J connectivity index is 1.44. The van der Waals surface area contributed by atoms with E-state index in [-0.39, 0.29) is 31.1 Å². The summed E-state index contributed by atoms with van der Waals surface area (Å²) in [7, 11) is 0. The predicted octanol–water partition coefficient (Wildman–Crippen LogP) is 3.37. The van der Waals surface area contributed by atoms with E-state index < -0.39 is 11.7 Å². The first-order chi connectivity index (χ1) is 17.3. The number of hydrogen-bond acceptors (Lipinski definition) is 5. The molecule has 0 aliphatic carbocycles. The number of nitrogens with zero attached hydrogens (tertiary/aromatic N) is 1. The molecule has 2 aromatic carbocycles. The quantitative estimate of drug-likeness (QED) is 0.387. The van der Waals surface area contributed by atoms with Gasteiger partial charge in [0.2, 0.25) is 5.91 Å². The largest absolute Gasteiger partial charge is 0.444 e. The third-order valence-electron chi connectivity index (χ3n) is 6.28. The van der Waals surface area contributed by atoms with Gasteiger partial charge in [-0.15, -0.1) is 0 Å². The van der Waals surface area contributed by atoms with Gasteiger partial charge in [-0.05, 0) is 44.4 Å². The van der Waals surface area contributed by atoms with E-state index >= 15 is 0 Å². The van der Waals surface area contributed by atoms with Crippen LogP contribution in [0.3, 0.4) is 0 Å². The maximum absolute atomic E-state index is 13.2. The summed E-state index contributed by atoms with van der Waals surface area (Å²) in [5.74, 6) is -0.0614. The Hall–Kier alpha value is -3.36. The van der Waals surface area contributed by atoms with Gasteiger partial charge in [-0.25, -0.2) is 4.79 Å². The van der Waals surface area contributed by atoms with Gasteiger partial charge >= 0.3 is 6.09 Å². The Morgan fingerprint density at radius 1 is 1.11 bits per heavy atom. The highest BCUT2D eigenvalue weighted by atomic mass is 16.6. The second kappa shape index (κ2) is 11.6. The average Bonchev–Trinajstić information content (AvgIpc) is 3.25. The number of aromatic nitrogens is 1. The van der Waals surface area contributed by atoms with Crippen LogP contribution in [0.25, 0.3) is 10.9 Å². The molecule has 1 fully saturated rings. The van der Waals surface area contributed by atoms with Gasteiger partial charge in [0, 0.05) is 49.3 Å². The minimum Gasteiger partial charge on any atom is -0.444 e. The van der Waals surface area contributed by atoms with E-state index in [2.05, 4.69) is 44.0 Å². The van der Waals surface area contributed by atoms with Gasteiger partial charge in [0.15, 0.2) is 0 Å². The lowest BCUT2D eigenvalue weighted by molar-refractivity contribution is -0.123. The first-order valence-corrected chi connectivity index (χ1v) is 12.6. The molecule has 2 heterocycles. The van der Waals surface area contributed by atoms with Crippen molar-refractivity contribution in [2.45, 2.75) is 44.9 Å². The Bertz CT molecular complexity index is 1150. The van der Waals surface area contributed by atoms with Crippen molar-refractivity contribution >= 4 is 22.9 Å². The number of carbonyl (C=O) groups excluding carboxylic acids is 2. The van der Waals surface area contributed by atoms with Gasteiger partial charge in [-0.3, -0.25) is 9.69 Å². The number of para-hydroxylation sites is 1. The summed E-state index contributed by atoms with van der Waals surface area (Å²) >= 11 is 0. The summed E-state index contributed by atoms with van der Waals surface area (Å²) in [4.78, 5) is 31.1. The number of rotatable bonds is 8. The number of fused-ring (bicyclic) bond motifs is 1. The van der Waals surface area contributed by atoms with Gasteiger partial charge in [-0.2, -0.15) is 0 Å². The number of ether oxygens (including phenoxy) is 1. The molecule has 36 heavy (non-hydrogen) atoms. The van der Waals surface area contributed by atoms with E-state index in [4.69, 9.17) is 4.74 Å². The molecule has 2 amide bonds. The zero-order chi connectivity index (χ0) is 25.5. The van der Waals surface area contributed by atoms with Gasteiger partial charge in [-0.1, -0.05) is 48.5 Å². The van der Waals surface area contributed by atoms with E-state index in [1.165, 1.54) is 5.56 Å². The van der Waals surface area contributed by atoms with Crippen LogP contribution in [0.2, 0.25) is 0 Å². The molecule has 3 aromatic rings. The molecule has 4 rings (SSSR count). The zero-order valence-corrected chi connectivity index (χ0v) is 21.3. The fraction of sp³-hybridized carbons (Fsp3) is 0.429. The van der Waals surface area contributed by atoms with E-state index in [9.17, 15) is 9.59 Å². The third-order valence-corrected chi connectivity index (χ3v) is 6.28. The van der Waals surface area contributed by atoms with Crippen LogP contribution in [0, 0.1) is 0 Å². The molecule has 8 nitrogen and oxygen atoms in total. The van der Waals surface area contributed by atoms with Crippen molar-refractivity contribution in [3.63, 3.8) is 0 Å². The fourth-order valence-corrected chi connectivity index (χ4v) is 4.66. The lowest BCUT2D eigenvalue weighted by atomic mass is 10.0. The normalized spacial score (nSPS) is 17.5. The number of aromatic amines is 1. The molecule has 192 valence electrons. The summed E-state index contributed by atoms with van der Waals surface area (Å²) in [6.45, 7) is 8.47. The van der Waals surface area contributed by atoms with E-state index in [1.807, 2.05) is 63.4 Å². The molecule has 1 aliphatic heterocycles. The topological polar surface area (TPSA) is 98.5 Å². The number of amides is 2. The molecular formula is C28H37N5O3. The molecule has 1 aliphatic rings. The van der Waals surface area contributed by atoms with Crippen LogP contribution in [0.5, 0.6) is 0 Å². The van der Waals surface area contributed by atoms with Crippen LogP contribution in [0.4, 0.5) is 4.79 Å². The average molecular weight is 492 g/mol. The second-order valence-corrected chi connectivity index (χ2v) is 10.3. The predicted molar refractivity (Wildman–Crippen MR) is 142 cm³/mol. The van der Waals surface area contributed by atoms with Crippen LogP contribution in [0.15, 0.2) is 60.8 Å². The van der Waals surface area contributed by atoms with Gasteiger partial charge in [0.1, 0.15) is 5.60 Å². The maximum Gasteiger partial charge on any atom is 0.407 e. The van der Waals surface area contributed by atoms with Gasteiger partial charge in [0.05, 0.1) is 12.6 Å². The fourth-order valence-electron chi connectivity index (χ4n) is 4.66. The molecule has 1 saturated heterocycles. The highest BCUT2D eigenvalue weighted by molar-refractivity contribution is 5.83. The minimum absolute atomic E-state index is 0.0614. The number of benzene rings is 2. The Labute approximate surface area is 212 Å². The molecule has 0 radical (unpaired) electrons. The number of alkyl carbamates (subject to hydrolysis) is 1. The van der Waals surface area contributed by atoms with Crippen LogP contribution >= 0.6 is 0 Å². The number of H-pyrrole nitrogens is 1. The SMILES string of the molecule is CC(C)(C)OC(=O)NCC(Cc1c[nH]c2ccccc12)NC(=O)CN1CCNCC1c1ccccc1. The highest BCUT2D eigenvalue weighted by Gasteiger charge is 2.27. The van der Waals surface area contributed by atoms with Crippen molar-refractivity contribution in [2.75, 3.05) is 32.7 Å². The minimum atomic E-state index is -0.589. The Morgan fingerprint density at radius 3 is 2.64 bits per heavy atom. The first kappa shape index (κ1) is 25.7. The number of piperazine rings is 1. The van der Waals surface area contributed by atoms with Crippen molar-refractivity contribution in [3.05, 3.63) is 71.9 Å². The molecular weight excluding hydrogens is 454 g/mol. The third kappa shape index (κ3) is 7.08. The van der Waals surface area contributed by atoms with E-state index in [1.54, 1.807) is 0 Å². The Morgan fingerprint density at radius 2 is 1.86 bits per heavy atom. The Kier molecular flexibility index (Phi) is 8.28. The number of carbonyl (C=O) groups is 2. The highest BCUT2D eigenvalue weighted by Crippen LogP contribution is 2.22. The molecule has 8 heteroatoms. The zero-order valence-electron chi connectivity index (χ0n) is 21.3. The second-order valence-electron chi connectivity index (χ2n) is 10.3. The van der Waals surface area contributed by atoms with E-state index in [0.717, 1.165) is 36.1 Å². The molecule has 0 saturated carbocycles. The molecule has 0 spiro atoms. The van der Waals surface area contributed by atoms with Gasteiger partial charge < -0.3 is 25.7 Å². The first-order valence-electron chi connectivity index (χ1n) is 12.6. The monoisotopic (exact) mass is 491 g/mol. The lowest BCUT2D eigenvalue weighted by Gasteiger charge is -2.36. The molecule has 2 unspecified atom stereocenters. The summed E-state index contributed by atoms with van der Waals surface area (Å²) < 4.78 is 5.40. The van der Waals surface area contributed by atoms with Crippen molar-refractivity contribution in [1.29, 1.82) is 0 Å². The van der Waals surface area contributed by atoms with Crippen LogP contribution in [-0.4, -0.2) is 66.3 Å². The van der Waals surface area contributed by atoms with Crippen LogP contribution < -0.4 is 16.0 Å². The van der Waals surface area contributed by atoms with Crippen molar-refractivity contribution in [3.8, 4) is 0 Å². The van der Waals surface area contributed by atoms with Crippen LogP contribution in [0.1, 0.15) is 37.9 Å². The van der Waals surface area contributed by atoms with Gasteiger partial charge in [0.25, 0.3) is 0 Å². The standard InChI is InChI=1S/C28H37N5O3/c1-28(2,3)36-27(35)31-17-22(15-21-16-30-24-12-8-7-11-23(21)24)32-26(34)19-33-14-13-29-18-25(33)20-9-5-4-6-10-20/h4-12,16,22,25,29-30H,13-15,17-19H2,1-3H3,(H,31,35)(H,32,34).